The van der Waals surface area contributed by atoms with E-state index in [0.717, 1.165) is 12.8 Å². The van der Waals surface area contributed by atoms with E-state index in [-0.39, 0.29) is 18.5 Å². The van der Waals surface area contributed by atoms with Crippen LogP contribution in [0.1, 0.15) is 12.8 Å². The lowest BCUT2D eigenvalue weighted by Crippen LogP contribution is -2.41. The average Bonchev–Trinajstić information content (AvgIpc) is 2.62. The maximum absolute atomic E-state index is 11.7. The number of halogens is 4. The number of hydrogen-bond acceptors (Lipinski definition) is 2. The van der Waals surface area contributed by atoms with Crippen LogP contribution in [0.3, 0.4) is 0 Å². The fourth-order valence-corrected chi connectivity index (χ4v) is 0.569. The summed E-state index contributed by atoms with van der Waals surface area (Å²) in [6.07, 6.45) is -2.56. The molecule has 0 unspecified atom stereocenters. The molecular formula is C6H11ClF3NO. The Labute approximate surface area is 74.7 Å². The molecule has 6 heteroatoms. The molecule has 12 heavy (non-hydrogen) atoms. The highest BCUT2D eigenvalue weighted by Crippen LogP contribution is 2.25. The van der Waals surface area contributed by atoms with Gasteiger partial charge in [0.05, 0.1) is 12.7 Å². The highest BCUT2D eigenvalue weighted by atomic mass is 35.5. The number of ether oxygens (including phenoxy) is 1. The molecule has 74 valence electrons. The Morgan fingerprint density at radius 2 is 1.92 bits per heavy atom. The third-order valence-corrected chi connectivity index (χ3v) is 1.46. The third-order valence-electron chi connectivity index (χ3n) is 1.46. The molecule has 0 amide bonds. The van der Waals surface area contributed by atoms with Crippen molar-refractivity contribution >= 4 is 12.4 Å². The van der Waals surface area contributed by atoms with E-state index in [1.165, 1.54) is 0 Å². The van der Waals surface area contributed by atoms with Gasteiger partial charge in [-0.15, -0.1) is 12.4 Å². The van der Waals surface area contributed by atoms with Crippen molar-refractivity contribution in [3.63, 3.8) is 0 Å². The van der Waals surface area contributed by atoms with E-state index < -0.39 is 18.8 Å². The van der Waals surface area contributed by atoms with Crippen molar-refractivity contribution in [3.8, 4) is 0 Å². The molecule has 0 aromatic rings. The second-order valence-electron chi connectivity index (χ2n) is 2.68. The van der Waals surface area contributed by atoms with Crippen LogP contribution in [0.5, 0.6) is 0 Å². The van der Waals surface area contributed by atoms with Gasteiger partial charge in [0.1, 0.15) is 6.04 Å². The quantitative estimate of drug-likeness (QED) is 0.758. The number of nitrogens with two attached hydrogens (primary N) is 1. The van der Waals surface area contributed by atoms with Gasteiger partial charge in [-0.05, 0) is 12.8 Å². The van der Waals surface area contributed by atoms with E-state index in [1.807, 2.05) is 0 Å². The van der Waals surface area contributed by atoms with Gasteiger partial charge in [0, 0.05) is 0 Å². The highest BCUT2D eigenvalue weighted by molar-refractivity contribution is 5.85. The first kappa shape index (κ1) is 12.0. The van der Waals surface area contributed by atoms with Gasteiger partial charge >= 0.3 is 6.18 Å². The molecule has 0 aliphatic heterocycles. The minimum Gasteiger partial charge on any atom is -0.376 e. The minimum atomic E-state index is -4.32. The molecule has 1 rings (SSSR count). The summed E-state index contributed by atoms with van der Waals surface area (Å²) >= 11 is 0. The fourth-order valence-electron chi connectivity index (χ4n) is 0.569. The molecule has 1 saturated carbocycles. The van der Waals surface area contributed by atoms with Crippen molar-refractivity contribution in [3.05, 3.63) is 0 Å². The van der Waals surface area contributed by atoms with Crippen molar-refractivity contribution in [1.29, 1.82) is 0 Å². The molecule has 0 radical (unpaired) electrons. The molecule has 0 heterocycles. The van der Waals surface area contributed by atoms with Crippen LogP contribution in [-0.2, 0) is 4.74 Å². The van der Waals surface area contributed by atoms with Gasteiger partial charge in [-0.3, -0.25) is 0 Å². The van der Waals surface area contributed by atoms with Crippen molar-refractivity contribution in [2.24, 2.45) is 5.73 Å². The van der Waals surface area contributed by atoms with E-state index in [1.54, 1.807) is 0 Å². The molecular weight excluding hydrogens is 195 g/mol. The van der Waals surface area contributed by atoms with E-state index in [4.69, 9.17) is 10.5 Å². The summed E-state index contributed by atoms with van der Waals surface area (Å²) in [5.41, 5.74) is 4.78. The summed E-state index contributed by atoms with van der Waals surface area (Å²) in [6, 6.07) is -1.83. The van der Waals surface area contributed by atoms with Crippen LogP contribution >= 0.6 is 12.4 Å². The number of rotatable bonds is 3. The molecule has 1 aliphatic rings. The largest absolute Gasteiger partial charge is 0.405 e. The second-order valence-corrected chi connectivity index (χ2v) is 2.68. The van der Waals surface area contributed by atoms with E-state index in [9.17, 15) is 13.2 Å². The van der Waals surface area contributed by atoms with Gasteiger partial charge in [-0.1, -0.05) is 0 Å². The van der Waals surface area contributed by atoms with Gasteiger partial charge in [0.15, 0.2) is 0 Å². The molecule has 2 nitrogen and oxygen atoms in total. The summed E-state index contributed by atoms with van der Waals surface area (Å²) in [4.78, 5) is 0. The van der Waals surface area contributed by atoms with E-state index >= 15 is 0 Å². The molecule has 0 aromatic carbocycles. The van der Waals surface area contributed by atoms with Gasteiger partial charge in [-0.2, -0.15) is 13.2 Å². The fraction of sp³-hybridized carbons (Fsp3) is 1.00. The van der Waals surface area contributed by atoms with Crippen LogP contribution < -0.4 is 5.73 Å². The Kier molecular flexibility index (Phi) is 4.30. The van der Waals surface area contributed by atoms with E-state index in [0.29, 0.717) is 0 Å². The average molecular weight is 206 g/mol. The molecule has 2 N–H and O–H groups in total. The van der Waals surface area contributed by atoms with Gasteiger partial charge in [0.25, 0.3) is 0 Å². The highest BCUT2D eigenvalue weighted by Gasteiger charge is 2.38. The monoisotopic (exact) mass is 205 g/mol. The molecule has 0 bridgehead atoms. The second kappa shape index (κ2) is 4.30. The first-order chi connectivity index (χ1) is 5.00. The number of hydrogen-bond donors (Lipinski definition) is 1. The zero-order chi connectivity index (χ0) is 8.48. The summed E-state index contributed by atoms with van der Waals surface area (Å²) < 4.78 is 39.9. The van der Waals surface area contributed by atoms with Crippen molar-refractivity contribution in [2.75, 3.05) is 6.61 Å². The molecule has 0 aromatic heterocycles. The smallest absolute Gasteiger partial charge is 0.376 e. The lowest BCUT2D eigenvalue weighted by atomic mass is 10.3. The van der Waals surface area contributed by atoms with Crippen LogP contribution in [0.15, 0.2) is 0 Å². The predicted octanol–water partition coefficient (Wildman–Crippen LogP) is 1.48. The third kappa shape index (κ3) is 4.13. The maximum atomic E-state index is 11.7. The van der Waals surface area contributed by atoms with Gasteiger partial charge in [-0.25, -0.2) is 0 Å². The lowest BCUT2D eigenvalue weighted by molar-refractivity contribution is -0.160. The Morgan fingerprint density at radius 3 is 2.25 bits per heavy atom. The summed E-state index contributed by atoms with van der Waals surface area (Å²) in [5, 5.41) is 0. The zero-order valence-corrected chi connectivity index (χ0v) is 7.12. The van der Waals surface area contributed by atoms with Crippen molar-refractivity contribution < 1.29 is 17.9 Å². The normalized spacial score (nSPS) is 20.0. The molecule has 0 saturated heterocycles. The first-order valence-electron chi connectivity index (χ1n) is 3.44. The van der Waals surface area contributed by atoms with Crippen molar-refractivity contribution in [1.82, 2.24) is 0 Å². The van der Waals surface area contributed by atoms with Crippen molar-refractivity contribution in [2.45, 2.75) is 31.2 Å². The summed E-state index contributed by atoms with van der Waals surface area (Å²) in [5.74, 6) is 0. The first-order valence-corrected chi connectivity index (χ1v) is 3.44. The molecule has 1 aliphatic carbocycles. The zero-order valence-electron chi connectivity index (χ0n) is 6.30. The molecule has 1 atom stereocenters. The Hall–Kier alpha value is -0.0000000000000000555. The van der Waals surface area contributed by atoms with Crippen LogP contribution in [0.25, 0.3) is 0 Å². The van der Waals surface area contributed by atoms with Gasteiger partial charge < -0.3 is 10.5 Å². The lowest BCUT2D eigenvalue weighted by Gasteiger charge is -2.14. The predicted molar refractivity (Wildman–Crippen MR) is 40.3 cm³/mol. The minimum absolute atomic E-state index is 0. The number of alkyl halides is 3. The van der Waals surface area contributed by atoms with Crippen LogP contribution in [0.4, 0.5) is 13.2 Å². The maximum Gasteiger partial charge on any atom is 0.405 e. The summed E-state index contributed by atoms with van der Waals surface area (Å²) in [6.45, 7) is -0.409. The summed E-state index contributed by atoms with van der Waals surface area (Å²) in [7, 11) is 0. The Morgan fingerprint density at radius 1 is 1.42 bits per heavy atom. The van der Waals surface area contributed by atoms with E-state index in [2.05, 4.69) is 0 Å². The van der Waals surface area contributed by atoms with Crippen LogP contribution in [0.2, 0.25) is 0 Å². The molecule has 1 fully saturated rings. The standard InChI is InChI=1S/C6H10F3NO.ClH/c7-6(8,9)5(10)3-11-4-1-2-4;/h4-5H,1-3,10H2;1H/t5-;/m0./s1. The Bertz CT molecular complexity index is 137. The SMILES string of the molecule is Cl.N[C@@H](COC1CC1)C(F)(F)F. The van der Waals surface area contributed by atoms with Crippen LogP contribution in [0, 0.1) is 0 Å². The van der Waals surface area contributed by atoms with Gasteiger partial charge in [0.2, 0.25) is 0 Å². The Balaban J connectivity index is 0.00000121. The van der Waals surface area contributed by atoms with Crippen LogP contribution in [-0.4, -0.2) is 24.9 Å². The topological polar surface area (TPSA) is 35.2 Å². The molecule has 0 spiro atoms.